The van der Waals surface area contributed by atoms with E-state index in [0.29, 0.717) is 30.6 Å². The second kappa shape index (κ2) is 12.8. The molecule has 0 amide bonds. The number of aliphatic carboxylic acids is 1. The van der Waals surface area contributed by atoms with Crippen molar-refractivity contribution in [2.45, 2.75) is 39.5 Å². The quantitative estimate of drug-likeness (QED) is 0.228. The lowest BCUT2D eigenvalue weighted by Crippen LogP contribution is -1.99. The Bertz CT molecular complexity index is 910. The summed E-state index contributed by atoms with van der Waals surface area (Å²) in [5.74, 6) is 2.73. The third-order valence-electron chi connectivity index (χ3n) is 4.58. The first-order valence-electron chi connectivity index (χ1n) is 10.4. The molecule has 0 bridgehead atoms. The number of benzene rings is 1. The number of aryl methyl sites for hydroxylation is 1. The van der Waals surface area contributed by atoms with E-state index < -0.39 is 5.97 Å². The molecule has 0 spiro atoms. The third kappa shape index (κ3) is 8.50. The number of oxazole rings is 1. The molecule has 0 atom stereocenters. The second-order valence-corrected chi connectivity index (χ2v) is 8.44. The average molecular weight is 442 g/mol. The zero-order valence-corrected chi connectivity index (χ0v) is 19.3. The van der Waals surface area contributed by atoms with Gasteiger partial charge in [0.1, 0.15) is 11.5 Å². The van der Waals surface area contributed by atoms with Crippen molar-refractivity contribution >= 4 is 17.7 Å². The molecule has 1 heterocycles. The number of carboxylic acids is 1. The minimum absolute atomic E-state index is 0.136. The zero-order chi connectivity index (χ0) is 22.6. The molecule has 166 valence electrons. The molecule has 0 saturated carbocycles. The van der Waals surface area contributed by atoms with Crippen molar-refractivity contribution < 1.29 is 19.1 Å². The van der Waals surface area contributed by atoms with Crippen LogP contribution in [0.25, 0.3) is 11.5 Å². The van der Waals surface area contributed by atoms with Gasteiger partial charge in [-0.3, -0.25) is 4.79 Å². The van der Waals surface area contributed by atoms with Gasteiger partial charge < -0.3 is 14.3 Å². The molecular formula is C25H31NO4S. The Hall–Kier alpha value is -2.73. The van der Waals surface area contributed by atoms with Crippen LogP contribution in [-0.2, 0) is 16.0 Å². The summed E-state index contributed by atoms with van der Waals surface area (Å²) >= 11 is 1.40. The first-order valence-corrected chi connectivity index (χ1v) is 11.5. The Morgan fingerprint density at radius 3 is 2.71 bits per heavy atom. The molecule has 6 heteroatoms. The molecule has 1 aromatic carbocycles. The number of ether oxygens (including phenoxy) is 1. The topological polar surface area (TPSA) is 72.6 Å². The van der Waals surface area contributed by atoms with E-state index in [9.17, 15) is 4.79 Å². The smallest absolute Gasteiger partial charge is 0.313 e. The second-order valence-electron chi connectivity index (χ2n) is 7.33. The van der Waals surface area contributed by atoms with Crippen LogP contribution in [0, 0.1) is 6.92 Å². The molecule has 0 aliphatic heterocycles. The lowest BCUT2D eigenvalue weighted by molar-refractivity contribution is -0.133. The van der Waals surface area contributed by atoms with E-state index >= 15 is 0 Å². The number of hydrogen-bond acceptors (Lipinski definition) is 5. The Morgan fingerprint density at radius 1 is 1.32 bits per heavy atom. The van der Waals surface area contributed by atoms with E-state index in [0.717, 1.165) is 29.2 Å². The van der Waals surface area contributed by atoms with Crippen LogP contribution in [0.5, 0.6) is 0 Å². The van der Waals surface area contributed by atoms with E-state index in [1.807, 2.05) is 37.3 Å². The minimum atomic E-state index is -0.783. The summed E-state index contributed by atoms with van der Waals surface area (Å²) in [7, 11) is 0. The summed E-state index contributed by atoms with van der Waals surface area (Å²) in [6, 6.07) is 8.32. The number of rotatable bonds is 13. The van der Waals surface area contributed by atoms with Crippen molar-refractivity contribution in [3.63, 3.8) is 0 Å². The van der Waals surface area contributed by atoms with Gasteiger partial charge in [-0.1, -0.05) is 44.7 Å². The van der Waals surface area contributed by atoms with Crippen LogP contribution < -0.4 is 0 Å². The van der Waals surface area contributed by atoms with Crippen LogP contribution in [0.3, 0.4) is 0 Å². The van der Waals surface area contributed by atoms with Gasteiger partial charge in [0.2, 0.25) is 5.89 Å². The highest BCUT2D eigenvalue weighted by atomic mass is 32.2. The molecule has 2 rings (SSSR count). The number of nitrogens with zero attached hydrogens (tertiary/aromatic N) is 1. The average Bonchev–Trinajstić information content (AvgIpc) is 3.12. The highest BCUT2D eigenvalue weighted by molar-refractivity contribution is 7.99. The number of carboxylic acid groups (broad SMARTS) is 1. The maximum absolute atomic E-state index is 10.5. The highest BCUT2D eigenvalue weighted by Crippen LogP contribution is 2.24. The van der Waals surface area contributed by atoms with Crippen LogP contribution in [-0.4, -0.2) is 34.2 Å². The Labute approximate surface area is 188 Å². The first kappa shape index (κ1) is 24.5. The molecule has 0 aliphatic carbocycles. The summed E-state index contributed by atoms with van der Waals surface area (Å²) in [4.78, 5) is 15.1. The molecule has 0 radical (unpaired) electrons. The van der Waals surface area contributed by atoms with E-state index in [1.165, 1.54) is 17.3 Å². The van der Waals surface area contributed by atoms with Crippen LogP contribution >= 0.6 is 11.8 Å². The minimum Gasteiger partial charge on any atom is -0.493 e. The van der Waals surface area contributed by atoms with Crippen LogP contribution in [0.2, 0.25) is 0 Å². The standard InChI is InChI=1S/C25H31NO4S/c1-5-22(9-7-6-8-16-31-17-24(27)28)29-15-14-23-19(4)30-25(26-23)21-12-10-20(11-13-21)18(2)3/h5-7,9-13,18H,1,8,14-17H2,2-4H3,(H,27,28)/b7-6-,22-9+. The third-order valence-corrected chi connectivity index (χ3v) is 5.55. The number of hydrogen-bond donors (Lipinski definition) is 1. The van der Waals surface area contributed by atoms with E-state index in [2.05, 4.69) is 37.5 Å². The van der Waals surface area contributed by atoms with Crippen molar-refractivity contribution in [2.75, 3.05) is 18.1 Å². The Morgan fingerprint density at radius 2 is 2.06 bits per heavy atom. The predicted molar refractivity (Wildman–Crippen MR) is 127 cm³/mol. The summed E-state index contributed by atoms with van der Waals surface area (Å²) in [5.41, 5.74) is 3.15. The van der Waals surface area contributed by atoms with Crippen molar-refractivity contribution in [1.82, 2.24) is 4.98 Å². The van der Waals surface area contributed by atoms with Gasteiger partial charge >= 0.3 is 5.97 Å². The molecule has 0 unspecified atom stereocenters. The van der Waals surface area contributed by atoms with Gasteiger partial charge in [-0.15, -0.1) is 11.8 Å². The SMILES string of the molecule is C=C/C(=C\C=C/CCSCC(=O)O)OCCc1nc(-c2ccc(C(C)C)cc2)oc1C. The van der Waals surface area contributed by atoms with Gasteiger partial charge in [-0.2, -0.15) is 0 Å². The first-order chi connectivity index (χ1) is 14.9. The number of allylic oxidation sites excluding steroid dienone is 4. The molecule has 0 saturated heterocycles. The molecule has 5 nitrogen and oxygen atoms in total. The van der Waals surface area contributed by atoms with Crippen molar-refractivity contribution in [3.8, 4) is 11.5 Å². The number of aromatic nitrogens is 1. The molecule has 1 aromatic heterocycles. The molecule has 0 fully saturated rings. The molecule has 1 N–H and O–H groups in total. The lowest BCUT2D eigenvalue weighted by Gasteiger charge is -2.05. The molecule has 2 aromatic rings. The fourth-order valence-electron chi connectivity index (χ4n) is 2.80. The molecule has 0 aliphatic rings. The van der Waals surface area contributed by atoms with Gasteiger partial charge in [0.05, 0.1) is 18.1 Å². The van der Waals surface area contributed by atoms with E-state index in [4.69, 9.17) is 14.3 Å². The van der Waals surface area contributed by atoms with Gasteiger partial charge in [-0.25, -0.2) is 4.98 Å². The maximum atomic E-state index is 10.5. The van der Waals surface area contributed by atoms with Gasteiger partial charge in [0, 0.05) is 12.0 Å². The number of carbonyl (C=O) groups is 1. The van der Waals surface area contributed by atoms with Gasteiger partial charge in [-0.05, 0) is 54.9 Å². The van der Waals surface area contributed by atoms with Crippen LogP contribution in [0.15, 0.2) is 65.3 Å². The predicted octanol–water partition coefficient (Wildman–Crippen LogP) is 6.17. The van der Waals surface area contributed by atoms with Crippen LogP contribution in [0.4, 0.5) is 0 Å². The van der Waals surface area contributed by atoms with E-state index in [-0.39, 0.29) is 5.75 Å². The Balaban J connectivity index is 1.84. The largest absolute Gasteiger partial charge is 0.493 e. The fourth-order valence-corrected chi connectivity index (χ4v) is 3.43. The van der Waals surface area contributed by atoms with Crippen molar-refractivity contribution in [2.24, 2.45) is 0 Å². The number of thioether (sulfide) groups is 1. The maximum Gasteiger partial charge on any atom is 0.313 e. The summed E-state index contributed by atoms with van der Waals surface area (Å²) in [6.45, 7) is 10.5. The fraction of sp³-hybridized carbons (Fsp3) is 0.360. The van der Waals surface area contributed by atoms with Crippen LogP contribution in [0.1, 0.15) is 43.2 Å². The highest BCUT2D eigenvalue weighted by Gasteiger charge is 2.12. The molecule has 31 heavy (non-hydrogen) atoms. The summed E-state index contributed by atoms with van der Waals surface area (Å²) in [6.07, 6.45) is 8.85. The van der Waals surface area contributed by atoms with Crippen molar-refractivity contribution in [3.05, 3.63) is 77.9 Å². The van der Waals surface area contributed by atoms with Crippen molar-refractivity contribution in [1.29, 1.82) is 0 Å². The zero-order valence-electron chi connectivity index (χ0n) is 18.5. The normalized spacial score (nSPS) is 11.9. The van der Waals surface area contributed by atoms with Gasteiger partial charge in [0.15, 0.2) is 0 Å². The lowest BCUT2D eigenvalue weighted by atomic mass is 10.0. The van der Waals surface area contributed by atoms with E-state index in [1.54, 1.807) is 6.08 Å². The summed E-state index contributed by atoms with van der Waals surface area (Å²) in [5, 5.41) is 8.60. The summed E-state index contributed by atoms with van der Waals surface area (Å²) < 4.78 is 11.7. The monoisotopic (exact) mass is 441 g/mol. The van der Waals surface area contributed by atoms with Gasteiger partial charge in [0.25, 0.3) is 0 Å². The Kier molecular flexibility index (Phi) is 10.2. The molecular weight excluding hydrogens is 410 g/mol.